The summed E-state index contributed by atoms with van der Waals surface area (Å²) in [5, 5.41) is 9.91. The number of nitrogens with zero attached hydrogens (tertiary/aromatic N) is 2. The maximum Gasteiger partial charge on any atom is 0.230 e. The standard InChI is InChI=1S/C16H21BrN4OS2/c1-4-21-14(19-20-16(21)23)5-6-18-15(22)9-24-13-8-10(2)12(17)7-11(13)3/h7-8H,4-6,9H2,1-3H3,(H,18,22)(H,20,23). The number of aromatic nitrogens is 3. The van der Waals surface area contributed by atoms with Gasteiger partial charge in [0.2, 0.25) is 5.91 Å². The van der Waals surface area contributed by atoms with Crippen LogP contribution < -0.4 is 5.32 Å². The number of benzene rings is 1. The molecule has 0 unspecified atom stereocenters. The van der Waals surface area contributed by atoms with Crippen LogP contribution in [0.5, 0.6) is 0 Å². The van der Waals surface area contributed by atoms with Crippen LogP contribution in [-0.2, 0) is 17.8 Å². The lowest BCUT2D eigenvalue weighted by atomic mass is 10.2. The maximum atomic E-state index is 12.0. The minimum Gasteiger partial charge on any atom is -0.355 e. The van der Waals surface area contributed by atoms with Crippen molar-refractivity contribution < 1.29 is 4.79 Å². The molecule has 0 saturated heterocycles. The second kappa shape index (κ2) is 8.82. The first-order chi connectivity index (χ1) is 11.4. The number of rotatable bonds is 7. The van der Waals surface area contributed by atoms with Crippen LogP contribution in [0.4, 0.5) is 0 Å². The Balaban J connectivity index is 1.82. The molecule has 2 aromatic rings. The van der Waals surface area contributed by atoms with Gasteiger partial charge in [-0.05, 0) is 56.2 Å². The lowest BCUT2D eigenvalue weighted by molar-refractivity contribution is -0.118. The molecule has 1 heterocycles. The van der Waals surface area contributed by atoms with E-state index in [1.807, 2.05) is 18.4 Å². The van der Waals surface area contributed by atoms with Crippen molar-refractivity contribution in [3.8, 4) is 0 Å². The van der Waals surface area contributed by atoms with Crippen molar-refractivity contribution in [3.05, 3.63) is 38.3 Å². The van der Waals surface area contributed by atoms with Gasteiger partial charge < -0.3 is 9.88 Å². The van der Waals surface area contributed by atoms with Crippen molar-refractivity contribution in [2.45, 2.75) is 38.6 Å². The number of halogens is 1. The lowest BCUT2D eigenvalue weighted by Gasteiger charge is -2.09. The van der Waals surface area contributed by atoms with Gasteiger partial charge in [-0.25, -0.2) is 0 Å². The number of H-pyrrole nitrogens is 1. The largest absolute Gasteiger partial charge is 0.355 e. The molecule has 0 spiro atoms. The third-order valence-electron chi connectivity index (χ3n) is 3.64. The second-order valence-electron chi connectivity index (χ2n) is 5.44. The summed E-state index contributed by atoms with van der Waals surface area (Å²) in [5.41, 5.74) is 2.34. The average molecular weight is 429 g/mol. The predicted octanol–water partition coefficient (Wildman–Crippen LogP) is 3.79. The molecule has 0 saturated carbocycles. The Labute approximate surface area is 159 Å². The summed E-state index contributed by atoms with van der Waals surface area (Å²) in [6, 6.07) is 4.19. The van der Waals surface area contributed by atoms with Gasteiger partial charge in [-0.3, -0.25) is 9.89 Å². The lowest BCUT2D eigenvalue weighted by Crippen LogP contribution is -2.28. The fraction of sp³-hybridized carbons (Fsp3) is 0.438. The zero-order valence-electron chi connectivity index (χ0n) is 14.0. The highest BCUT2D eigenvalue weighted by Gasteiger charge is 2.08. The molecular weight excluding hydrogens is 408 g/mol. The molecule has 2 rings (SSSR count). The van der Waals surface area contributed by atoms with Crippen LogP contribution in [0.25, 0.3) is 0 Å². The topological polar surface area (TPSA) is 62.7 Å². The van der Waals surface area contributed by atoms with Gasteiger partial charge in [0.15, 0.2) is 4.77 Å². The molecule has 130 valence electrons. The van der Waals surface area contributed by atoms with E-state index in [1.54, 1.807) is 11.8 Å². The normalized spacial score (nSPS) is 10.8. The van der Waals surface area contributed by atoms with Crippen LogP contribution in [0.2, 0.25) is 0 Å². The first-order valence-electron chi connectivity index (χ1n) is 7.72. The minimum absolute atomic E-state index is 0.0251. The van der Waals surface area contributed by atoms with Crippen molar-refractivity contribution >= 4 is 45.8 Å². The Morgan fingerprint density at radius 2 is 2.17 bits per heavy atom. The van der Waals surface area contributed by atoms with E-state index in [4.69, 9.17) is 12.2 Å². The molecule has 1 aromatic heterocycles. The highest BCUT2D eigenvalue weighted by Crippen LogP contribution is 2.28. The average Bonchev–Trinajstić information content (AvgIpc) is 2.89. The van der Waals surface area contributed by atoms with Crippen LogP contribution in [0.3, 0.4) is 0 Å². The smallest absolute Gasteiger partial charge is 0.230 e. The zero-order valence-corrected chi connectivity index (χ0v) is 17.2. The highest BCUT2D eigenvalue weighted by atomic mass is 79.9. The minimum atomic E-state index is 0.0251. The monoisotopic (exact) mass is 428 g/mol. The van der Waals surface area contributed by atoms with Gasteiger partial charge in [-0.15, -0.1) is 11.8 Å². The molecule has 24 heavy (non-hydrogen) atoms. The van der Waals surface area contributed by atoms with Crippen LogP contribution in [-0.4, -0.2) is 33.0 Å². The Kier molecular flexibility index (Phi) is 7.06. The van der Waals surface area contributed by atoms with Crippen molar-refractivity contribution in [1.29, 1.82) is 0 Å². The molecule has 2 N–H and O–H groups in total. The van der Waals surface area contributed by atoms with E-state index >= 15 is 0 Å². The number of nitrogens with one attached hydrogen (secondary N) is 2. The number of carbonyl (C=O) groups is 1. The number of amides is 1. The molecule has 0 aliphatic carbocycles. The quantitative estimate of drug-likeness (QED) is 0.519. The molecule has 0 aliphatic heterocycles. The van der Waals surface area contributed by atoms with E-state index in [-0.39, 0.29) is 5.91 Å². The molecule has 0 radical (unpaired) electrons. The third kappa shape index (κ3) is 4.94. The SMILES string of the molecule is CCn1c(CCNC(=O)CSc2cc(C)c(Br)cc2C)n[nH]c1=S. The van der Waals surface area contributed by atoms with Crippen molar-refractivity contribution in [3.63, 3.8) is 0 Å². The highest BCUT2D eigenvalue weighted by molar-refractivity contribution is 9.10. The van der Waals surface area contributed by atoms with Gasteiger partial charge in [0.1, 0.15) is 5.82 Å². The number of hydrogen-bond donors (Lipinski definition) is 2. The van der Waals surface area contributed by atoms with Crippen LogP contribution in [0.1, 0.15) is 23.9 Å². The van der Waals surface area contributed by atoms with Crippen molar-refractivity contribution in [1.82, 2.24) is 20.1 Å². The molecule has 0 fully saturated rings. The molecule has 0 aliphatic rings. The van der Waals surface area contributed by atoms with E-state index in [9.17, 15) is 4.79 Å². The number of aromatic amines is 1. The number of carbonyl (C=O) groups excluding carboxylic acids is 1. The van der Waals surface area contributed by atoms with Gasteiger partial charge in [0.25, 0.3) is 0 Å². The summed E-state index contributed by atoms with van der Waals surface area (Å²) >= 11 is 10.2. The third-order valence-corrected chi connectivity index (χ3v) is 5.96. The number of hydrogen-bond acceptors (Lipinski definition) is 4. The van der Waals surface area contributed by atoms with Crippen molar-refractivity contribution in [2.75, 3.05) is 12.3 Å². The molecule has 1 aromatic carbocycles. The fourth-order valence-electron chi connectivity index (χ4n) is 2.29. The van der Waals surface area contributed by atoms with E-state index in [2.05, 4.69) is 50.5 Å². The molecular formula is C16H21BrN4OS2. The zero-order chi connectivity index (χ0) is 17.7. The van der Waals surface area contributed by atoms with Gasteiger partial charge in [0.05, 0.1) is 5.75 Å². The molecule has 5 nitrogen and oxygen atoms in total. The van der Waals surface area contributed by atoms with Crippen LogP contribution >= 0.6 is 39.9 Å². The van der Waals surface area contributed by atoms with Gasteiger partial charge in [-0.2, -0.15) is 5.10 Å². The van der Waals surface area contributed by atoms with Gasteiger partial charge in [-0.1, -0.05) is 15.9 Å². The van der Waals surface area contributed by atoms with E-state index in [0.717, 1.165) is 21.7 Å². The molecule has 1 amide bonds. The number of aryl methyl sites for hydroxylation is 2. The second-order valence-corrected chi connectivity index (χ2v) is 7.70. The summed E-state index contributed by atoms with van der Waals surface area (Å²) in [6.45, 7) is 7.45. The summed E-state index contributed by atoms with van der Waals surface area (Å²) in [6.07, 6.45) is 0.661. The maximum absolute atomic E-state index is 12.0. The summed E-state index contributed by atoms with van der Waals surface area (Å²) in [7, 11) is 0. The Morgan fingerprint density at radius 1 is 1.42 bits per heavy atom. The van der Waals surface area contributed by atoms with E-state index in [1.165, 1.54) is 11.1 Å². The first-order valence-corrected chi connectivity index (χ1v) is 9.91. The van der Waals surface area contributed by atoms with Gasteiger partial charge in [0, 0.05) is 28.9 Å². The summed E-state index contributed by atoms with van der Waals surface area (Å²) < 4.78 is 3.65. The Hall–Kier alpha value is -1.12. The first kappa shape index (κ1) is 19.2. The van der Waals surface area contributed by atoms with Gasteiger partial charge >= 0.3 is 0 Å². The fourth-order valence-corrected chi connectivity index (χ4v) is 3.96. The molecule has 8 heteroatoms. The van der Waals surface area contributed by atoms with E-state index < -0.39 is 0 Å². The van der Waals surface area contributed by atoms with Crippen LogP contribution in [0, 0.1) is 18.6 Å². The number of thioether (sulfide) groups is 1. The van der Waals surface area contributed by atoms with E-state index in [0.29, 0.717) is 23.5 Å². The summed E-state index contributed by atoms with van der Waals surface area (Å²) in [4.78, 5) is 13.2. The van der Waals surface area contributed by atoms with Crippen LogP contribution in [0.15, 0.2) is 21.5 Å². The summed E-state index contributed by atoms with van der Waals surface area (Å²) in [5.74, 6) is 1.30. The Bertz CT molecular complexity index is 785. The molecule has 0 atom stereocenters. The molecule has 0 bridgehead atoms. The van der Waals surface area contributed by atoms with Crippen molar-refractivity contribution in [2.24, 2.45) is 0 Å². The predicted molar refractivity (Wildman–Crippen MR) is 104 cm³/mol. The Morgan fingerprint density at radius 3 is 2.88 bits per heavy atom.